The SMILES string of the molecule is Cn1ccnc1SCC(=O)N1CCc2c(C(=O)NC(C)(C)CO)n[nH]c2C1.O=CO. The van der Waals surface area contributed by atoms with E-state index >= 15 is 0 Å². The second kappa shape index (κ2) is 10.3. The Labute approximate surface area is 177 Å². The second-order valence-corrected chi connectivity index (χ2v) is 8.25. The number of nitrogens with one attached hydrogen (secondary N) is 2. The van der Waals surface area contributed by atoms with E-state index in [1.54, 1.807) is 24.9 Å². The highest BCUT2D eigenvalue weighted by Crippen LogP contribution is 2.22. The summed E-state index contributed by atoms with van der Waals surface area (Å²) in [7, 11) is 1.89. The molecule has 0 spiro atoms. The third-order valence-electron chi connectivity index (χ3n) is 4.45. The van der Waals surface area contributed by atoms with E-state index in [9.17, 15) is 14.7 Å². The number of aryl methyl sites for hydroxylation is 1. The Morgan fingerprint density at radius 1 is 1.43 bits per heavy atom. The maximum Gasteiger partial charge on any atom is 0.290 e. The third-order valence-corrected chi connectivity index (χ3v) is 5.49. The lowest BCUT2D eigenvalue weighted by atomic mass is 10.0. The first-order chi connectivity index (χ1) is 14.2. The molecule has 2 aromatic rings. The molecule has 30 heavy (non-hydrogen) atoms. The number of nitrogens with zero attached hydrogens (tertiary/aromatic N) is 4. The number of hydrogen-bond donors (Lipinski definition) is 4. The minimum atomic E-state index is -0.720. The molecule has 164 valence electrons. The van der Waals surface area contributed by atoms with E-state index in [-0.39, 0.29) is 24.9 Å². The third kappa shape index (κ3) is 5.83. The summed E-state index contributed by atoms with van der Waals surface area (Å²) < 4.78 is 1.87. The summed E-state index contributed by atoms with van der Waals surface area (Å²) in [6.45, 7) is 4.00. The molecule has 2 aromatic heterocycles. The molecule has 11 nitrogen and oxygen atoms in total. The number of aliphatic hydroxyl groups excluding tert-OH is 1. The van der Waals surface area contributed by atoms with Crippen LogP contribution in [0.25, 0.3) is 0 Å². The van der Waals surface area contributed by atoms with E-state index in [2.05, 4.69) is 20.5 Å². The van der Waals surface area contributed by atoms with E-state index in [0.29, 0.717) is 31.0 Å². The highest BCUT2D eigenvalue weighted by atomic mass is 32.2. The number of hydrogen-bond acceptors (Lipinski definition) is 7. The second-order valence-electron chi connectivity index (χ2n) is 7.31. The fourth-order valence-corrected chi connectivity index (χ4v) is 3.67. The maximum absolute atomic E-state index is 12.5. The predicted octanol–water partition coefficient (Wildman–Crippen LogP) is 0.0217. The van der Waals surface area contributed by atoms with Crippen LogP contribution in [0.3, 0.4) is 0 Å². The van der Waals surface area contributed by atoms with Crippen LogP contribution in [0.4, 0.5) is 0 Å². The minimum Gasteiger partial charge on any atom is -0.483 e. The standard InChI is InChI=1S/C17H24N6O3S.CH2O2/c1-17(2,10-24)19-15(26)14-11-4-6-23(8-12(11)20-21-14)13(25)9-27-16-18-5-7-22(16)3;2-1-3/h5,7,24H,4,6,8-10H2,1-3H3,(H,19,26)(H,20,21);1H,(H,2,3). The van der Waals surface area contributed by atoms with Crippen molar-refractivity contribution in [3.05, 3.63) is 29.3 Å². The van der Waals surface area contributed by atoms with Crippen LogP contribution in [0.15, 0.2) is 17.6 Å². The van der Waals surface area contributed by atoms with E-state index in [4.69, 9.17) is 9.90 Å². The lowest BCUT2D eigenvalue weighted by molar-refractivity contribution is -0.129. The zero-order valence-electron chi connectivity index (χ0n) is 17.1. The smallest absolute Gasteiger partial charge is 0.290 e. The number of aromatic nitrogens is 4. The highest BCUT2D eigenvalue weighted by Gasteiger charge is 2.29. The van der Waals surface area contributed by atoms with E-state index < -0.39 is 5.54 Å². The number of fused-ring (bicyclic) bond motifs is 1. The molecule has 0 saturated carbocycles. The number of amides is 2. The van der Waals surface area contributed by atoms with Crippen LogP contribution in [-0.2, 0) is 29.6 Å². The highest BCUT2D eigenvalue weighted by molar-refractivity contribution is 7.99. The Hall–Kier alpha value is -2.86. The number of rotatable bonds is 6. The molecule has 1 aliphatic heterocycles. The van der Waals surface area contributed by atoms with Crippen molar-refractivity contribution in [2.45, 2.75) is 37.5 Å². The first-order valence-corrected chi connectivity index (χ1v) is 10.2. The van der Waals surface area contributed by atoms with Gasteiger partial charge >= 0.3 is 0 Å². The molecule has 0 radical (unpaired) electrons. The fourth-order valence-electron chi connectivity index (χ4n) is 2.83. The Bertz CT molecular complexity index is 894. The van der Waals surface area contributed by atoms with Crippen molar-refractivity contribution in [1.82, 2.24) is 30.0 Å². The molecule has 4 N–H and O–H groups in total. The number of H-pyrrole nitrogens is 1. The minimum absolute atomic E-state index is 0.0238. The van der Waals surface area contributed by atoms with Gasteiger partial charge in [-0.05, 0) is 20.3 Å². The number of aliphatic hydroxyl groups is 1. The Balaban J connectivity index is 0.00000101. The van der Waals surface area contributed by atoms with Crippen LogP contribution in [-0.4, -0.2) is 77.6 Å². The van der Waals surface area contributed by atoms with E-state index in [1.165, 1.54) is 11.8 Å². The Morgan fingerprint density at radius 3 is 2.73 bits per heavy atom. The lowest BCUT2D eigenvalue weighted by Gasteiger charge is -2.27. The molecule has 0 fully saturated rings. The van der Waals surface area contributed by atoms with Crippen molar-refractivity contribution in [3.8, 4) is 0 Å². The molecule has 3 rings (SSSR count). The topological polar surface area (TPSA) is 153 Å². The molecule has 1 aliphatic rings. The molecule has 2 amide bonds. The van der Waals surface area contributed by atoms with Crippen molar-refractivity contribution >= 4 is 30.0 Å². The summed E-state index contributed by atoms with van der Waals surface area (Å²) in [4.78, 5) is 39.3. The number of carboxylic acid groups (broad SMARTS) is 1. The molecule has 0 atom stereocenters. The average molecular weight is 439 g/mol. The van der Waals surface area contributed by atoms with Gasteiger partial charge in [0.05, 0.1) is 30.1 Å². The predicted molar refractivity (Wildman–Crippen MR) is 109 cm³/mol. The molecular formula is C18H26N6O5S. The molecule has 12 heteroatoms. The molecular weight excluding hydrogens is 412 g/mol. The van der Waals surface area contributed by atoms with Crippen LogP contribution < -0.4 is 5.32 Å². The lowest BCUT2D eigenvalue weighted by Crippen LogP contribution is -2.46. The van der Waals surface area contributed by atoms with Gasteiger partial charge in [0, 0.05) is 31.5 Å². The summed E-state index contributed by atoms with van der Waals surface area (Å²) in [5.41, 5.74) is 1.23. The number of carbonyl (C=O) groups is 3. The summed E-state index contributed by atoms with van der Waals surface area (Å²) in [6, 6.07) is 0. The van der Waals surface area contributed by atoms with Crippen LogP contribution in [0.5, 0.6) is 0 Å². The summed E-state index contributed by atoms with van der Waals surface area (Å²) in [6.07, 6.45) is 4.11. The van der Waals surface area contributed by atoms with E-state index in [1.807, 2.05) is 17.8 Å². The summed E-state index contributed by atoms with van der Waals surface area (Å²) in [5.74, 6) is 0.0131. The van der Waals surface area contributed by atoms with Crippen molar-refractivity contribution in [3.63, 3.8) is 0 Å². The summed E-state index contributed by atoms with van der Waals surface area (Å²) >= 11 is 1.40. The van der Waals surface area contributed by atoms with Crippen molar-refractivity contribution < 1.29 is 24.6 Å². The normalized spacial score (nSPS) is 13.1. The van der Waals surface area contributed by atoms with Gasteiger partial charge in [-0.15, -0.1) is 0 Å². The Kier molecular flexibility index (Phi) is 8.00. The number of thioether (sulfide) groups is 1. The van der Waals surface area contributed by atoms with E-state index in [0.717, 1.165) is 16.4 Å². The van der Waals surface area contributed by atoms with Gasteiger partial charge < -0.3 is 25.0 Å². The van der Waals surface area contributed by atoms with Crippen molar-refractivity contribution in [2.75, 3.05) is 18.9 Å². The largest absolute Gasteiger partial charge is 0.483 e. The molecule has 0 aromatic carbocycles. The molecule has 0 bridgehead atoms. The van der Waals surface area contributed by atoms with Crippen LogP contribution in [0.1, 0.15) is 35.6 Å². The first-order valence-electron chi connectivity index (χ1n) is 9.17. The van der Waals surface area contributed by atoms with Crippen molar-refractivity contribution in [2.24, 2.45) is 7.05 Å². The number of carbonyl (C=O) groups excluding carboxylic acids is 2. The molecule has 0 aliphatic carbocycles. The zero-order valence-corrected chi connectivity index (χ0v) is 17.9. The molecule has 0 unspecified atom stereocenters. The van der Waals surface area contributed by atoms with Gasteiger partial charge in [0.2, 0.25) is 5.91 Å². The quantitative estimate of drug-likeness (QED) is 0.364. The molecule has 0 saturated heterocycles. The van der Waals surface area contributed by atoms with Gasteiger partial charge in [-0.25, -0.2) is 4.98 Å². The van der Waals surface area contributed by atoms with Gasteiger partial charge in [-0.3, -0.25) is 19.5 Å². The summed E-state index contributed by atoms with van der Waals surface area (Å²) in [5, 5.41) is 26.8. The van der Waals surface area contributed by atoms with Crippen LogP contribution in [0.2, 0.25) is 0 Å². The maximum atomic E-state index is 12.5. The Morgan fingerprint density at radius 2 is 2.13 bits per heavy atom. The van der Waals surface area contributed by atoms with Crippen molar-refractivity contribution in [1.29, 1.82) is 0 Å². The zero-order chi connectivity index (χ0) is 22.3. The first kappa shape index (κ1) is 23.4. The van der Waals surface area contributed by atoms with Gasteiger partial charge in [0.25, 0.3) is 12.4 Å². The van der Waals surface area contributed by atoms with Gasteiger partial charge in [0.1, 0.15) is 0 Å². The number of aromatic amines is 1. The van der Waals surface area contributed by atoms with Crippen LogP contribution >= 0.6 is 11.8 Å². The monoisotopic (exact) mass is 438 g/mol. The fraction of sp³-hybridized carbons (Fsp3) is 0.500. The van der Waals surface area contributed by atoms with Crippen LogP contribution in [0, 0.1) is 0 Å². The molecule has 3 heterocycles. The van der Waals surface area contributed by atoms with Gasteiger partial charge in [-0.1, -0.05) is 11.8 Å². The number of imidazole rings is 1. The van der Waals surface area contributed by atoms with Gasteiger partial charge in [0.15, 0.2) is 10.9 Å². The average Bonchev–Trinajstić information content (AvgIpc) is 3.31. The van der Waals surface area contributed by atoms with Gasteiger partial charge in [-0.2, -0.15) is 5.10 Å².